The maximum Gasteiger partial charge on any atom is 0.407 e. The first-order valence-electron chi connectivity index (χ1n) is 11.9. The highest BCUT2D eigenvalue weighted by Gasteiger charge is 2.36. The molecule has 0 saturated carbocycles. The van der Waals surface area contributed by atoms with E-state index in [2.05, 4.69) is 29.6 Å². The Morgan fingerprint density at radius 1 is 1.03 bits per heavy atom. The smallest absolute Gasteiger partial charge is 0.407 e. The van der Waals surface area contributed by atoms with E-state index in [1.54, 1.807) is 6.92 Å². The summed E-state index contributed by atoms with van der Waals surface area (Å²) in [7, 11) is 0. The Hall–Kier alpha value is -3.35. The lowest BCUT2D eigenvalue weighted by Crippen LogP contribution is -2.53. The van der Waals surface area contributed by atoms with Gasteiger partial charge in [0.15, 0.2) is 0 Å². The molecule has 1 aliphatic carbocycles. The number of carbonyl (C=O) groups is 3. The average molecular weight is 467 g/mol. The van der Waals surface area contributed by atoms with E-state index in [1.807, 2.05) is 31.2 Å². The molecule has 2 N–H and O–H groups in total. The van der Waals surface area contributed by atoms with Crippen LogP contribution in [0.5, 0.6) is 0 Å². The minimum Gasteiger partial charge on any atom is -0.480 e. The van der Waals surface area contributed by atoms with Gasteiger partial charge in [0.2, 0.25) is 5.91 Å². The van der Waals surface area contributed by atoms with Crippen LogP contribution in [-0.4, -0.2) is 52.7 Å². The van der Waals surface area contributed by atoms with Crippen LogP contribution in [0.25, 0.3) is 11.1 Å². The van der Waals surface area contributed by atoms with Gasteiger partial charge in [-0.05, 0) is 55.9 Å². The Bertz CT molecular complexity index is 1000. The molecule has 2 aromatic rings. The number of rotatable bonds is 10. The number of carbonyl (C=O) groups excluding carboxylic acids is 2. The minimum atomic E-state index is -1.28. The Kier molecular flexibility index (Phi) is 7.97. The number of likely N-dealkylation sites (N-methyl/N-ethyl adjacent to an activating group) is 1. The van der Waals surface area contributed by atoms with Crippen LogP contribution in [0.4, 0.5) is 4.79 Å². The number of alkyl carbamates (subject to hydrolysis) is 1. The number of carboxylic acids is 1. The molecular weight excluding hydrogens is 432 g/mol. The van der Waals surface area contributed by atoms with Crippen molar-refractivity contribution < 1.29 is 24.2 Å². The van der Waals surface area contributed by atoms with Crippen LogP contribution in [0.3, 0.4) is 0 Å². The summed E-state index contributed by atoms with van der Waals surface area (Å²) in [5.41, 5.74) is 3.35. The molecule has 7 nitrogen and oxygen atoms in total. The molecule has 0 aromatic heterocycles. The summed E-state index contributed by atoms with van der Waals surface area (Å²) in [5.74, 6) is -1.31. The van der Waals surface area contributed by atoms with Gasteiger partial charge in [-0.15, -0.1) is 0 Å². The molecule has 7 heteroatoms. The number of nitrogens with zero attached hydrogens (tertiary/aromatic N) is 1. The SMILES string of the molecule is CCC(CCC(=O)N(CC)C(C)(C)C(=O)O)NC(=O)OCC1c2ccccc2-c2ccccc21. The van der Waals surface area contributed by atoms with Gasteiger partial charge in [0.25, 0.3) is 0 Å². The van der Waals surface area contributed by atoms with E-state index in [9.17, 15) is 19.5 Å². The summed E-state index contributed by atoms with van der Waals surface area (Å²) in [6.07, 6.45) is 0.670. The molecule has 2 amide bonds. The molecule has 34 heavy (non-hydrogen) atoms. The summed E-state index contributed by atoms with van der Waals surface area (Å²) in [4.78, 5) is 38.1. The molecule has 0 fully saturated rings. The lowest BCUT2D eigenvalue weighted by molar-refractivity contribution is -0.156. The van der Waals surface area contributed by atoms with Crippen LogP contribution in [0, 0.1) is 0 Å². The fraction of sp³-hybridized carbons (Fsp3) is 0.444. The number of hydrogen-bond acceptors (Lipinski definition) is 4. The van der Waals surface area contributed by atoms with Crippen molar-refractivity contribution in [3.05, 3.63) is 59.7 Å². The monoisotopic (exact) mass is 466 g/mol. The maximum atomic E-state index is 12.7. The topological polar surface area (TPSA) is 95.9 Å². The fourth-order valence-electron chi connectivity index (χ4n) is 4.62. The van der Waals surface area contributed by atoms with Gasteiger partial charge in [-0.2, -0.15) is 0 Å². The van der Waals surface area contributed by atoms with E-state index in [-0.39, 0.29) is 30.9 Å². The molecule has 0 radical (unpaired) electrons. The molecule has 1 atom stereocenters. The van der Waals surface area contributed by atoms with Gasteiger partial charge in [0, 0.05) is 24.9 Å². The Morgan fingerprint density at radius 2 is 1.59 bits per heavy atom. The number of aliphatic carboxylic acids is 1. The molecule has 0 spiro atoms. The third kappa shape index (κ3) is 5.24. The van der Waals surface area contributed by atoms with Crippen molar-refractivity contribution in [2.24, 2.45) is 0 Å². The quantitative estimate of drug-likeness (QED) is 0.525. The number of carboxylic acid groups (broad SMARTS) is 1. The van der Waals surface area contributed by atoms with Crippen molar-refractivity contribution in [1.82, 2.24) is 10.2 Å². The molecule has 1 unspecified atom stereocenters. The first-order valence-corrected chi connectivity index (χ1v) is 11.9. The van der Waals surface area contributed by atoms with Crippen LogP contribution in [0.2, 0.25) is 0 Å². The largest absolute Gasteiger partial charge is 0.480 e. The van der Waals surface area contributed by atoms with Crippen molar-refractivity contribution in [3.8, 4) is 11.1 Å². The van der Waals surface area contributed by atoms with E-state index in [4.69, 9.17) is 4.74 Å². The number of nitrogens with one attached hydrogen (secondary N) is 1. The minimum absolute atomic E-state index is 0.0174. The van der Waals surface area contributed by atoms with Gasteiger partial charge in [0.05, 0.1) is 0 Å². The van der Waals surface area contributed by atoms with Gasteiger partial charge in [-0.1, -0.05) is 55.5 Å². The fourth-order valence-corrected chi connectivity index (χ4v) is 4.62. The number of amides is 2. The predicted molar refractivity (Wildman–Crippen MR) is 131 cm³/mol. The molecule has 0 heterocycles. The zero-order valence-electron chi connectivity index (χ0n) is 20.3. The second-order valence-electron chi connectivity index (χ2n) is 9.12. The summed E-state index contributed by atoms with van der Waals surface area (Å²) in [6.45, 7) is 7.25. The Labute approximate surface area is 201 Å². The highest BCUT2D eigenvalue weighted by molar-refractivity contribution is 5.86. The Morgan fingerprint density at radius 3 is 2.09 bits per heavy atom. The number of fused-ring (bicyclic) bond motifs is 3. The van der Waals surface area contributed by atoms with Crippen LogP contribution >= 0.6 is 0 Å². The lowest BCUT2D eigenvalue weighted by Gasteiger charge is -2.34. The van der Waals surface area contributed by atoms with Gasteiger partial charge >= 0.3 is 12.1 Å². The summed E-state index contributed by atoms with van der Waals surface area (Å²) in [6, 6.07) is 16.1. The van der Waals surface area contributed by atoms with E-state index < -0.39 is 17.6 Å². The molecule has 1 aliphatic rings. The van der Waals surface area contributed by atoms with E-state index in [0.29, 0.717) is 19.4 Å². The highest BCUT2D eigenvalue weighted by Crippen LogP contribution is 2.44. The summed E-state index contributed by atoms with van der Waals surface area (Å²) in [5, 5.41) is 12.3. The van der Waals surface area contributed by atoms with Gasteiger partial charge in [-0.25, -0.2) is 9.59 Å². The first-order chi connectivity index (χ1) is 16.2. The van der Waals surface area contributed by atoms with Crippen molar-refractivity contribution in [2.45, 2.75) is 64.5 Å². The van der Waals surface area contributed by atoms with Crippen molar-refractivity contribution >= 4 is 18.0 Å². The van der Waals surface area contributed by atoms with Crippen LogP contribution in [0.1, 0.15) is 64.0 Å². The average Bonchev–Trinajstić information content (AvgIpc) is 3.14. The second-order valence-corrected chi connectivity index (χ2v) is 9.12. The third-order valence-electron chi connectivity index (χ3n) is 6.68. The van der Waals surface area contributed by atoms with Crippen LogP contribution in [0.15, 0.2) is 48.5 Å². The number of hydrogen-bond donors (Lipinski definition) is 2. The van der Waals surface area contributed by atoms with Crippen molar-refractivity contribution in [1.29, 1.82) is 0 Å². The Balaban J connectivity index is 1.56. The molecule has 0 aliphatic heterocycles. The molecule has 0 bridgehead atoms. The predicted octanol–water partition coefficient (Wildman–Crippen LogP) is 4.80. The molecule has 2 aromatic carbocycles. The van der Waals surface area contributed by atoms with Crippen LogP contribution in [-0.2, 0) is 14.3 Å². The normalized spacial score (nSPS) is 13.5. The zero-order valence-corrected chi connectivity index (χ0v) is 20.3. The second kappa shape index (κ2) is 10.7. The van der Waals surface area contributed by atoms with Gasteiger partial charge in [0.1, 0.15) is 12.1 Å². The first kappa shape index (κ1) is 25.3. The number of ether oxygens (including phenoxy) is 1. The molecule has 3 rings (SSSR count). The lowest BCUT2D eigenvalue weighted by atomic mass is 9.98. The molecular formula is C27H34N2O5. The van der Waals surface area contributed by atoms with E-state index in [1.165, 1.54) is 29.9 Å². The zero-order chi connectivity index (χ0) is 24.9. The summed E-state index contributed by atoms with van der Waals surface area (Å²) < 4.78 is 5.61. The maximum absolute atomic E-state index is 12.7. The molecule has 0 saturated heterocycles. The standard InChI is InChI=1S/C27H34N2O5/c1-5-18(15-16-24(30)29(6-2)27(3,4)25(31)32)28-26(33)34-17-23-21-13-9-7-11-19(21)20-12-8-10-14-22(20)23/h7-14,18,23H,5-6,15-17H2,1-4H3,(H,28,33)(H,31,32). The highest BCUT2D eigenvalue weighted by atomic mass is 16.5. The van der Waals surface area contributed by atoms with Crippen molar-refractivity contribution in [2.75, 3.05) is 13.2 Å². The molecule has 182 valence electrons. The van der Waals surface area contributed by atoms with E-state index >= 15 is 0 Å². The van der Waals surface area contributed by atoms with Crippen LogP contribution < -0.4 is 5.32 Å². The summed E-state index contributed by atoms with van der Waals surface area (Å²) >= 11 is 0. The van der Waals surface area contributed by atoms with Gasteiger partial charge < -0.3 is 20.1 Å². The number of benzene rings is 2. The van der Waals surface area contributed by atoms with Crippen molar-refractivity contribution in [3.63, 3.8) is 0 Å². The van der Waals surface area contributed by atoms with E-state index in [0.717, 1.165) is 11.1 Å². The van der Waals surface area contributed by atoms with Gasteiger partial charge in [-0.3, -0.25) is 4.79 Å². The third-order valence-corrected chi connectivity index (χ3v) is 6.68.